The molecule has 3 heteroatoms. The summed E-state index contributed by atoms with van der Waals surface area (Å²) in [5, 5.41) is 4.34. The molecular formula is C10H14BrNS. The van der Waals surface area contributed by atoms with Gasteiger partial charge in [0, 0.05) is 17.1 Å². The first kappa shape index (κ1) is 10.9. The normalized spacial score (nSPS) is 12.1. The van der Waals surface area contributed by atoms with Crippen molar-refractivity contribution >= 4 is 27.3 Å². The van der Waals surface area contributed by atoms with Crippen molar-refractivity contribution in [1.82, 2.24) is 4.98 Å². The van der Waals surface area contributed by atoms with E-state index in [2.05, 4.69) is 39.3 Å². The van der Waals surface area contributed by atoms with Crippen LogP contribution in [-0.2, 0) is 6.42 Å². The number of aromatic nitrogens is 1. The smallest absolute Gasteiger partial charge is 0.0897 e. The number of hydrogen-bond acceptors (Lipinski definition) is 2. The molecule has 0 aliphatic rings. The fourth-order valence-corrected chi connectivity index (χ4v) is 1.99. The zero-order valence-electron chi connectivity index (χ0n) is 8.01. The fraction of sp³-hybridized carbons (Fsp3) is 0.500. The highest BCUT2D eigenvalue weighted by molar-refractivity contribution is 9.09. The van der Waals surface area contributed by atoms with Crippen LogP contribution in [0.5, 0.6) is 0 Å². The van der Waals surface area contributed by atoms with E-state index in [1.165, 1.54) is 11.3 Å². The number of allylic oxidation sites excluding steroid dienone is 2. The van der Waals surface area contributed by atoms with Gasteiger partial charge in [-0.1, -0.05) is 27.6 Å². The molecule has 0 N–H and O–H groups in total. The number of thiazole rings is 1. The van der Waals surface area contributed by atoms with Crippen molar-refractivity contribution in [2.75, 3.05) is 5.33 Å². The Morgan fingerprint density at radius 1 is 1.69 bits per heavy atom. The number of hydrogen-bond donors (Lipinski definition) is 0. The monoisotopic (exact) mass is 259 g/mol. The van der Waals surface area contributed by atoms with E-state index in [0.717, 1.165) is 23.2 Å². The molecule has 72 valence electrons. The lowest BCUT2D eigenvalue weighted by atomic mass is 10.1. The third kappa shape index (κ3) is 4.05. The average Bonchev–Trinajstić information content (AvgIpc) is 2.48. The van der Waals surface area contributed by atoms with Gasteiger partial charge in [-0.2, -0.15) is 0 Å². The summed E-state index contributed by atoms with van der Waals surface area (Å²) >= 11 is 5.13. The quantitative estimate of drug-likeness (QED) is 0.593. The number of rotatable bonds is 4. The summed E-state index contributed by atoms with van der Waals surface area (Å²) < 4.78 is 0. The molecule has 0 spiro atoms. The lowest BCUT2D eigenvalue weighted by molar-refractivity contribution is 1.04. The molecule has 0 atom stereocenters. The van der Waals surface area contributed by atoms with E-state index in [-0.39, 0.29) is 0 Å². The summed E-state index contributed by atoms with van der Waals surface area (Å²) in [4.78, 5) is 4.42. The van der Waals surface area contributed by atoms with E-state index in [1.807, 2.05) is 6.92 Å². The van der Waals surface area contributed by atoms with Gasteiger partial charge in [0.25, 0.3) is 0 Å². The first-order chi connectivity index (χ1) is 6.22. The van der Waals surface area contributed by atoms with Crippen LogP contribution < -0.4 is 0 Å². The Kier molecular flexibility index (Phi) is 4.67. The van der Waals surface area contributed by atoms with Crippen LogP contribution in [0.2, 0.25) is 0 Å². The Morgan fingerprint density at radius 3 is 3.00 bits per heavy atom. The van der Waals surface area contributed by atoms with Crippen molar-refractivity contribution in [3.8, 4) is 0 Å². The molecule has 1 aromatic heterocycles. The number of halogens is 1. The molecule has 0 amide bonds. The highest BCUT2D eigenvalue weighted by Crippen LogP contribution is 2.12. The van der Waals surface area contributed by atoms with Gasteiger partial charge in [-0.05, 0) is 20.3 Å². The molecule has 0 fully saturated rings. The molecule has 0 aliphatic carbocycles. The van der Waals surface area contributed by atoms with Gasteiger partial charge in [0.1, 0.15) is 0 Å². The summed E-state index contributed by atoms with van der Waals surface area (Å²) in [5.41, 5.74) is 2.61. The second kappa shape index (κ2) is 5.55. The first-order valence-electron chi connectivity index (χ1n) is 4.35. The molecule has 13 heavy (non-hydrogen) atoms. The summed E-state index contributed by atoms with van der Waals surface area (Å²) in [6.07, 6.45) is 4.37. The molecule has 0 radical (unpaired) electrons. The van der Waals surface area contributed by atoms with E-state index in [9.17, 15) is 0 Å². The molecular weight excluding hydrogens is 246 g/mol. The van der Waals surface area contributed by atoms with E-state index >= 15 is 0 Å². The highest BCUT2D eigenvalue weighted by atomic mass is 79.9. The van der Waals surface area contributed by atoms with Gasteiger partial charge < -0.3 is 0 Å². The molecule has 0 saturated carbocycles. The minimum Gasteiger partial charge on any atom is -0.246 e. The number of nitrogens with zero attached hydrogens (tertiary/aromatic N) is 1. The maximum atomic E-state index is 4.42. The Bertz CT molecular complexity index is 291. The van der Waals surface area contributed by atoms with Crippen molar-refractivity contribution < 1.29 is 0 Å². The SMILES string of the molecule is CC(=CCCBr)Cc1csc(C)n1. The van der Waals surface area contributed by atoms with E-state index in [0.29, 0.717) is 0 Å². The highest BCUT2D eigenvalue weighted by Gasteiger charge is 1.98. The topological polar surface area (TPSA) is 12.9 Å². The maximum Gasteiger partial charge on any atom is 0.0897 e. The molecule has 1 nitrogen and oxygen atoms in total. The van der Waals surface area contributed by atoms with Gasteiger partial charge in [-0.3, -0.25) is 0 Å². The lowest BCUT2D eigenvalue weighted by Gasteiger charge is -1.96. The molecule has 0 aromatic carbocycles. The molecule has 0 unspecified atom stereocenters. The summed E-state index contributed by atoms with van der Waals surface area (Å²) in [6.45, 7) is 4.21. The lowest BCUT2D eigenvalue weighted by Crippen LogP contribution is -1.87. The molecule has 1 aromatic rings. The Hall–Kier alpha value is -0.150. The van der Waals surface area contributed by atoms with Crippen LogP contribution in [0.3, 0.4) is 0 Å². The van der Waals surface area contributed by atoms with Gasteiger partial charge in [-0.25, -0.2) is 4.98 Å². The molecule has 0 bridgehead atoms. The van der Waals surface area contributed by atoms with Crippen molar-refractivity contribution in [2.24, 2.45) is 0 Å². The van der Waals surface area contributed by atoms with Crippen LogP contribution in [-0.4, -0.2) is 10.3 Å². The second-order valence-electron chi connectivity index (χ2n) is 3.06. The third-order valence-corrected chi connectivity index (χ3v) is 3.01. The van der Waals surface area contributed by atoms with Crippen LogP contribution in [0.15, 0.2) is 17.0 Å². The summed E-state index contributed by atoms with van der Waals surface area (Å²) in [5.74, 6) is 0. The minimum atomic E-state index is 0.997. The third-order valence-electron chi connectivity index (χ3n) is 1.73. The van der Waals surface area contributed by atoms with Crippen LogP contribution in [0.1, 0.15) is 24.0 Å². The van der Waals surface area contributed by atoms with Crippen LogP contribution in [0.4, 0.5) is 0 Å². The molecule has 1 rings (SSSR count). The predicted molar refractivity (Wildman–Crippen MR) is 62.7 cm³/mol. The van der Waals surface area contributed by atoms with E-state index < -0.39 is 0 Å². The molecule has 0 aliphatic heterocycles. The van der Waals surface area contributed by atoms with Gasteiger partial charge in [0.2, 0.25) is 0 Å². The maximum absolute atomic E-state index is 4.42. The van der Waals surface area contributed by atoms with Gasteiger partial charge >= 0.3 is 0 Å². The molecule has 1 heterocycles. The fourth-order valence-electron chi connectivity index (χ4n) is 1.15. The Balaban J connectivity index is 2.49. The predicted octanol–water partition coefficient (Wildman–Crippen LogP) is 3.73. The van der Waals surface area contributed by atoms with Crippen LogP contribution in [0, 0.1) is 6.92 Å². The zero-order valence-corrected chi connectivity index (χ0v) is 10.4. The van der Waals surface area contributed by atoms with Crippen LogP contribution in [0.25, 0.3) is 0 Å². The minimum absolute atomic E-state index is 0.997. The standard InChI is InChI=1S/C10H14BrNS/c1-8(4-3-5-11)6-10-7-13-9(2)12-10/h4,7H,3,5-6H2,1-2H3. The summed E-state index contributed by atoms with van der Waals surface area (Å²) in [6, 6.07) is 0. The van der Waals surface area contributed by atoms with Crippen molar-refractivity contribution in [1.29, 1.82) is 0 Å². The Labute approximate surface area is 92.0 Å². The van der Waals surface area contributed by atoms with E-state index in [4.69, 9.17) is 0 Å². The van der Waals surface area contributed by atoms with E-state index in [1.54, 1.807) is 11.3 Å². The van der Waals surface area contributed by atoms with Gasteiger partial charge in [0.05, 0.1) is 10.7 Å². The van der Waals surface area contributed by atoms with Crippen molar-refractivity contribution in [3.63, 3.8) is 0 Å². The van der Waals surface area contributed by atoms with Crippen molar-refractivity contribution in [2.45, 2.75) is 26.7 Å². The van der Waals surface area contributed by atoms with Crippen molar-refractivity contribution in [3.05, 3.63) is 27.7 Å². The molecule has 0 saturated heterocycles. The zero-order chi connectivity index (χ0) is 9.68. The van der Waals surface area contributed by atoms with Crippen LogP contribution >= 0.6 is 27.3 Å². The second-order valence-corrected chi connectivity index (χ2v) is 4.92. The first-order valence-corrected chi connectivity index (χ1v) is 6.35. The number of alkyl halides is 1. The summed E-state index contributed by atoms with van der Waals surface area (Å²) in [7, 11) is 0. The van der Waals surface area contributed by atoms with Gasteiger partial charge in [0.15, 0.2) is 0 Å². The van der Waals surface area contributed by atoms with Gasteiger partial charge in [-0.15, -0.1) is 11.3 Å². The Morgan fingerprint density at radius 2 is 2.46 bits per heavy atom. The largest absolute Gasteiger partial charge is 0.246 e. The average molecular weight is 260 g/mol. The number of aryl methyl sites for hydroxylation is 1.